The average molecular weight is 384 g/mol. The molecule has 0 saturated carbocycles. The molecule has 0 aliphatic heterocycles. The van der Waals surface area contributed by atoms with Crippen molar-refractivity contribution in [3.05, 3.63) is 64.2 Å². The molecule has 0 fully saturated rings. The fraction of sp³-hybridized carbons (Fsp3) is 0.250. The van der Waals surface area contributed by atoms with E-state index in [0.29, 0.717) is 5.75 Å². The number of anilines is 2. The Bertz CT molecular complexity index is 950. The lowest BCUT2D eigenvalue weighted by atomic mass is 10.0. The third-order valence-electron chi connectivity index (χ3n) is 4.17. The van der Waals surface area contributed by atoms with Gasteiger partial charge in [0.15, 0.2) is 10.1 Å². The summed E-state index contributed by atoms with van der Waals surface area (Å²) in [4.78, 5) is 12.4. The van der Waals surface area contributed by atoms with Gasteiger partial charge in [0, 0.05) is 11.3 Å². The Kier molecular flexibility index (Phi) is 5.74. The molecule has 134 valence electrons. The first-order chi connectivity index (χ1) is 12.4. The molecule has 0 aliphatic rings. The fourth-order valence-electron chi connectivity index (χ4n) is 2.59. The Balaban J connectivity index is 1.61. The van der Waals surface area contributed by atoms with Gasteiger partial charge >= 0.3 is 0 Å². The van der Waals surface area contributed by atoms with E-state index < -0.39 is 0 Å². The van der Waals surface area contributed by atoms with Crippen LogP contribution in [0.4, 0.5) is 10.8 Å². The maximum absolute atomic E-state index is 12.4. The largest absolute Gasteiger partial charge is 0.330 e. The Morgan fingerprint density at radius 3 is 2.54 bits per heavy atom. The minimum absolute atomic E-state index is 0.117. The molecule has 2 aromatic carbocycles. The molecule has 1 N–H and O–H groups in total. The average Bonchev–Trinajstić information content (AvgIpc) is 3.03. The number of hydrogen-bond donors (Lipinski definition) is 1. The van der Waals surface area contributed by atoms with Crippen LogP contribution >= 0.6 is 23.1 Å². The fourth-order valence-corrected chi connectivity index (χ4v) is 4.25. The van der Waals surface area contributed by atoms with Crippen LogP contribution in [0.25, 0.3) is 0 Å². The zero-order chi connectivity index (χ0) is 18.7. The van der Waals surface area contributed by atoms with Crippen LogP contribution in [0.1, 0.15) is 32.6 Å². The van der Waals surface area contributed by atoms with Gasteiger partial charge in [0.2, 0.25) is 5.13 Å². The lowest BCUT2D eigenvalue weighted by molar-refractivity contribution is 0.102. The molecule has 0 atom stereocenters. The van der Waals surface area contributed by atoms with E-state index >= 15 is 0 Å². The van der Waals surface area contributed by atoms with Crippen molar-refractivity contribution in [1.29, 1.82) is 0 Å². The molecule has 0 radical (unpaired) electrons. The van der Waals surface area contributed by atoms with Crippen LogP contribution < -0.4 is 5.32 Å². The van der Waals surface area contributed by atoms with Crippen molar-refractivity contribution in [3.8, 4) is 0 Å². The Hall–Kier alpha value is -2.18. The summed E-state index contributed by atoms with van der Waals surface area (Å²) in [6.07, 6.45) is 0. The lowest BCUT2D eigenvalue weighted by Gasteiger charge is -2.05. The summed E-state index contributed by atoms with van der Waals surface area (Å²) >= 11 is 2.89. The monoisotopic (exact) mass is 383 g/mol. The van der Waals surface area contributed by atoms with Crippen molar-refractivity contribution in [2.45, 2.75) is 32.0 Å². The molecule has 0 amide bonds. The Labute approximate surface area is 162 Å². The molecular weight excluding hydrogens is 362 g/mol. The van der Waals surface area contributed by atoms with Crippen molar-refractivity contribution in [3.63, 3.8) is 0 Å². The first-order valence-corrected chi connectivity index (χ1v) is 10.1. The van der Waals surface area contributed by atoms with Crippen LogP contribution in [0.15, 0.2) is 40.7 Å². The molecule has 3 aromatic rings. The highest BCUT2D eigenvalue weighted by molar-refractivity contribution is 8.01. The molecule has 0 unspecified atom stereocenters. The number of carbonyl (C=O) groups excluding carboxylic acids is 1. The molecule has 3 rings (SSSR count). The number of aryl methyl sites for hydroxylation is 4. The topological polar surface area (TPSA) is 54.9 Å². The molecule has 6 heteroatoms. The summed E-state index contributed by atoms with van der Waals surface area (Å²) in [6, 6.07) is 12.1. The number of carbonyl (C=O) groups is 1. The Morgan fingerprint density at radius 1 is 1.00 bits per heavy atom. The number of rotatable bonds is 6. The predicted octanol–water partition coefficient (Wildman–Crippen LogP) is 5.49. The van der Waals surface area contributed by atoms with Crippen LogP contribution in [-0.4, -0.2) is 21.7 Å². The summed E-state index contributed by atoms with van der Waals surface area (Å²) in [5, 5.41) is 12.3. The van der Waals surface area contributed by atoms with E-state index in [1.54, 1.807) is 0 Å². The number of hydrogen-bond acceptors (Lipinski definition) is 6. The van der Waals surface area contributed by atoms with Crippen molar-refractivity contribution < 1.29 is 4.79 Å². The van der Waals surface area contributed by atoms with Gasteiger partial charge in [0.25, 0.3) is 0 Å². The van der Waals surface area contributed by atoms with Gasteiger partial charge in [-0.2, -0.15) is 0 Å². The van der Waals surface area contributed by atoms with Crippen LogP contribution in [0.5, 0.6) is 0 Å². The van der Waals surface area contributed by atoms with Gasteiger partial charge in [0.1, 0.15) is 0 Å². The zero-order valence-corrected chi connectivity index (χ0v) is 16.9. The van der Waals surface area contributed by atoms with Crippen LogP contribution in [0, 0.1) is 27.7 Å². The summed E-state index contributed by atoms with van der Waals surface area (Å²) < 4.78 is 0.787. The highest BCUT2D eigenvalue weighted by Crippen LogP contribution is 2.29. The van der Waals surface area contributed by atoms with E-state index in [1.165, 1.54) is 34.2 Å². The van der Waals surface area contributed by atoms with Crippen LogP contribution in [-0.2, 0) is 0 Å². The number of Topliss-reactive ketones (excluding diaryl/α,β-unsaturated/α-hetero) is 1. The van der Waals surface area contributed by atoms with E-state index in [0.717, 1.165) is 31.8 Å². The molecule has 0 spiro atoms. The SMILES string of the molecule is Cc1ccc(C(=O)CSc2nnc(Nc3ccc(C)c(C)c3)s2)c(C)c1. The second-order valence-corrected chi connectivity index (χ2v) is 8.53. The van der Waals surface area contributed by atoms with Gasteiger partial charge in [-0.15, -0.1) is 10.2 Å². The van der Waals surface area contributed by atoms with Gasteiger partial charge in [-0.1, -0.05) is 52.9 Å². The first-order valence-electron chi connectivity index (χ1n) is 8.33. The van der Waals surface area contributed by atoms with Crippen LogP contribution in [0.2, 0.25) is 0 Å². The predicted molar refractivity (Wildman–Crippen MR) is 110 cm³/mol. The first kappa shape index (κ1) is 18.6. The molecule has 26 heavy (non-hydrogen) atoms. The van der Waals surface area contributed by atoms with Gasteiger partial charge in [-0.25, -0.2) is 0 Å². The molecule has 0 bridgehead atoms. The number of nitrogens with one attached hydrogen (secondary N) is 1. The smallest absolute Gasteiger partial charge is 0.210 e. The second kappa shape index (κ2) is 8.01. The number of thioether (sulfide) groups is 1. The lowest BCUT2D eigenvalue weighted by Crippen LogP contribution is -2.04. The van der Waals surface area contributed by atoms with Gasteiger partial charge in [-0.05, 0) is 56.5 Å². The summed E-state index contributed by atoms with van der Waals surface area (Å²) in [6.45, 7) is 8.18. The number of benzene rings is 2. The van der Waals surface area contributed by atoms with Gasteiger partial charge in [-0.3, -0.25) is 4.79 Å². The maximum atomic E-state index is 12.4. The quantitative estimate of drug-likeness (QED) is 0.450. The third-order valence-corrected chi connectivity index (χ3v) is 6.15. The van der Waals surface area contributed by atoms with E-state index in [9.17, 15) is 4.79 Å². The van der Waals surface area contributed by atoms with E-state index in [2.05, 4.69) is 41.5 Å². The number of ketones is 1. The van der Waals surface area contributed by atoms with Gasteiger partial charge in [0.05, 0.1) is 5.75 Å². The van der Waals surface area contributed by atoms with Gasteiger partial charge < -0.3 is 5.32 Å². The summed E-state index contributed by atoms with van der Waals surface area (Å²) in [5.41, 5.74) is 6.44. The molecule has 0 aliphatic carbocycles. The normalized spacial score (nSPS) is 10.8. The molecular formula is C20H21N3OS2. The Morgan fingerprint density at radius 2 is 1.81 bits per heavy atom. The minimum Gasteiger partial charge on any atom is -0.330 e. The zero-order valence-electron chi connectivity index (χ0n) is 15.3. The third kappa shape index (κ3) is 4.51. The molecule has 0 saturated heterocycles. The number of nitrogens with zero attached hydrogens (tertiary/aromatic N) is 2. The second-order valence-electron chi connectivity index (χ2n) is 6.33. The number of aromatic nitrogens is 2. The van der Waals surface area contributed by atoms with Crippen molar-refractivity contribution in [2.24, 2.45) is 0 Å². The van der Waals surface area contributed by atoms with E-state index in [-0.39, 0.29) is 5.78 Å². The van der Waals surface area contributed by atoms with E-state index in [4.69, 9.17) is 0 Å². The maximum Gasteiger partial charge on any atom is 0.210 e. The minimum atomic E-state index is 0.117. The standard InChI is InChI=1S/C20H21N3OS2/c1-12-5-8-17(15(4)9-12)18(24)11-25-20-23-22-19(26-20)21-16-7-6-13(2)14(3)10-16/h5-10H,11H2,1-4H3,(H,21,22). The van der Waals surface area contributed by atoms with Crippen molar-refractivity contribution in [1.82, 2.24) is 10.2 Å². The van der Waals surface area contributed by atoms with Crippen molar-refractivity contribution in [2.75, 3.05) is 11.1 Å². The highest BCUT2D eigenvalue weighted by Gasteiger charge is 2.12. The summed E-state index contributed by atoms with van der Waals surface area (Å²) in [7, 11) is 0. The molecule has 4 nitrogen and oxygen atoms in total. The van der Waals surface area contributed by atoms with Crippen LogP contribution in [0.3, 0.4) is 0 Å². The molecule has 1 heterocycles. The molecule has 1 aromatic heterocycles. The summed E-state index contributed by atoms with van der Waals surface area (Å²) in [5.74, 6) is 0.480. The van der Waals surface area contributed by atoms with E-state index in [1.807, 2.05) is 38.1 Å². The van der Waals surface area contributed by atoms with Crippen molar-refractivity contribution >= 4 is 39.7 Å². The highest BCUT2D eigenvalue weighted by atomic mass is 32.2.